The number of rotatable bonds is 0. The molecule has 0 saturated heterocycles. The van der Waals surface area contributed by atoms with Crippen LogP contribution in [-0.4, -0.2) is 0 Å². The van der Waals surface area contributed by atoms with Crippen molar-refractivity contribution in [3.05, 3.63) is 33.7 Å². The Morgan fingerprint density at radius 3 is 2.00 bits per heavy atom. The monoisotopic (exact) mass is 204 g/mol. The van der Waals surface area contributed by atoms with Crippen LogP contribution in [0.25, 0.3) is 11.6 Å². The van der Waals surface area contributed by atoms with Crippen LogP contribution in [0.15, 0.2) is 12.1 Å². The van der Waals surface area contributed by atoms with Gasteiger partial charge in [-0.05, 0) is 50.6 Å². The second-order valence-corrected chi connectivity index (χ2v) is 3.83. The molecule has 0 heterocycles. The van der Waals surface area contributed by atoms with Gasteiger partial charge in [0.05, 0.1) is 0 Å². The Labute approximate surface area is 94.3 Å². The molecule has 0 heteroatoms. The van der Waals surface area contributed by atoms with Gasteiger partial charge < -0.3 is 0 Å². The van der Waals surface area contributed by atoms with Gasteiger partial charge in [-0.2, -0.15) is 0 Å². The summed E-state index contributed by atoms with van der Waals surface area (Å²) in [6.45, 7) is 14.8. The van der Waals surface area contributed by atoms with E-state index in [1.807, 2.05) is 13.8 Å². The maximum Gasteiger partial charge on any atom is -0.0171 e. The van der Waals surface area contributed by atoms with E-state index >= 15 is 0 Å². The zero-order valence-corrected chi connectivity index (χ0v) is 11.2. The summed E-state index contributed by atoms with van der Waals surface area (Å²) >= 11 is 0. The molecular formula is C15H24. The third kappa shape index (κ3) is 3.54. The second kappa shape index (κ2) is 6.44. The molecule has 1 aromatic carbocycles. The van der Waals surface area contributed by atoms with Crippen LogP contribution < -0.4 is 10.4 Å². The fourth-order valence-corrected chi connectivity index (χ4v) is 1.91. The summed E-state index contributed by atoms with van der Waals surface area (Å²) < 4.78 is 0. The average Bonchev–Trinajstić information content (AvgIpc) is 2.18. The van der Waals surface area contributed by atoms with Gasteiger partial charge in [-0.15, -0.1) is 0 Å². The fourth-order valence-electron chi connectivity index (χ4n) is 1.91. The highest BCUT2D eigenvalue weighted by Gasteiger charge is 1.94. The van der Waals surface area contributed by atoms with Crippen molar-refractivity contribution in [3.63, 3.8) is 0 Å². The van der Waals surface area contributed by atoms with Gasteiger partial charge in [-0.1, -0.05) is 43.2 Å². The molecule has 0 radical (unpaired) electrons. The van der Waals surface area contributed by atoms with E-state index in [0.717, 1.165) is 0 Å². The van der Waals surface area contributed by atoms with Crippen molar-refractivity contribution in [1.82, 2.24) is 0 Å². The Balaban J connectivity index is 0.000000921. The van der Waals surface area contributed by atoms with Gasteiger partial charge in [0.2, 0.25) is 0 Å². The fraction of sp³-hybridized carbons (Fsp3) is 0.467. The van der Waals surface area contributed by atoms with Crippen molar-refractivity contribution in [2.24, 2.45) is 0 Å². The summed E-state index contributed by atoms with van der Waals surface area (Å²) in [5.74, 6) is 0. The zero-order valence-electron chi connectivity index (χ0n) is 11.2. The lowest BCUT2D eigenvalue weighted by Crippen LogP contribution is -2.28. The smallest absolute Gasteiger partial charge is 0.0171 e. The predicted octanol–water partition coefficient (Wildman–Crippen LogP) is 3.32. The van der Waals surface area contributed by atoms with E-state index in [0.29, 0.717) is 0 Å². The van der Waals surface area contributed by atoms with E-state index < -0.39 is 0 Å². The summed E-state index contributed by atoms with van der Waals surface area (Å²) in [6, 6.07) is 4.49. The van der Waals surface area contributed by atoms with Crippen LogP contribution in [0.3, 0.4) is 0 Å². The number of aryl methyl sites for hydroxylation is 2. The van der Waals surface area contributed by atoms with Crippen molar-refractivity contribution < 1.29 is 0 Å². The van der Waals surface area contributed by atoms with Crippen LogP contribution in [0.1, 0.15) is 45.7 Å². The Morgan fingerprint density at radius 1 is 1.07 bits per heavy atom. The molecule has 0 bridgehead atoms. The normalized spacial score (nSPS) is 10.7. The molecule has 0 saturated carbocycles. The van der Waals surface area contributed by atoms with Crippen LogP contribution in [0, 0.1) is 13.8 Å². The highest BCUT2D eigenvalue weighted by Crippen LogP contribution is 1.95. The maximum absolute atomic E-state index is 2.25. The Morgan fingerprint density at radius 2 is 1.60 bits per heavy atom. The van der Waals surface area contributed by atoms with Crippen LogP contribution >= 0.6 is 0 Å². The summed E-state index contributed by atoms with van der Waals surface area (Å²) in [5, 5.41) is 2.77. The lowest BCUT2D eigenvalue weighted by molar-refractivity contribution is 1.28. The molecule has 0 aromatic heterocycles. The first-order valence-electron chi connectivity index (χ1n) is 5.77. The van der Waals surface area contributed by atoms with Crippen molar-refractivity contribution in [3.8, 4) is 0 Å². The van der Waals surface area contributed by atoms with Crippen LogP contribution in [-0.2, 0) is 0 Å². The third-order valence-electron chi connectivity index (χ3n) is 2.32. The molecule has 0 spiro atoms. The molecule has 0 aliphatic heterocycles. The molecule has 84 valence electrons. The minimum absolute atomic E-state index is 1.34. The van der Waals surface area contributed by atoms with Gasteiger partial charge in [-0.3, -0.25) is 0 Å². The molecule has 0 fully saturated rings. The van der Waals surface area contributed by atoms with Crippen LogP contribution in [0.5, 0.6) is 0 Å². The van der Waals surface area contributed by atoms with Crippen molar-refractivity contribution in [2.45, 2.75) is 48.5 Å². The minimum atomic E-state index is 1.34. The molecule has 0 aliphatic rings. The Hall–Kier alpha value is -1.04. The van der Waals surface area contributed by atoms with Crippen molar-refractivity contribution in [2.75, 3.05) is 0 Å². The summed E-state index contributed by atoms with van der Waals surface area (Å²) in [5.41, 5.74) is 4.12. The van der Waals surface area contributed by atoms with Gasteiger partial charge >= 0.3 is 0 Å². The first-order chi connectivity index (χ1) is 7.06. The average molecular weight is 204 g/mol. The van der Waals surface area contributed by atoms with E-state index in [1.165, 1.54) is 27.1 Å². The van der Waals surface area contributed by atoms with E-state index in [1.54, 1.807) is 0 Å². The SMILES string of the molecule is C/C=c1/cc(C)cc(C)c1=C(C)C.CC. The molecule has 0 amide bonds. The van der Waals surface area contributed by atoms with Crippen LogP contribution in [0.2, 0.25) is 0 Å². The second-order valence-electron chi connectivity index (χ2n) is 3.83. The quantitative estimate of drug-likeness (QED) is 0.608. The van der Waals surface area contributed by atoms with Crippen molar-refractivity contribution in [1.29, 1.82) is 0 Å². The standard InChI is InChI=1S/C13H18.C2H6/c1-6-12-8-10(4)7-11(5)13(12)9(2)3;1-2/h6-8H,1-5H3;1-2H3/b12-6-;. The zero-order chi connectivity index (χ0) is 12.0. The lowest BCUT2D eigenvalue weighted by Gasteiger charge is -2.01. The van der Waals surface area contributed by atoms with E-state index in [9.17, 15) is 0 Å². The molecule has 0 unspecified atom stereocenters. The molecule has 15 heavy (non-hydrogen) atoms. The maximum atomic E-state index is 2.25. The van der Waals surface area contributed by atoms with Gasteiger partial charge in [0.25, 0.3) is 0 Å². The summed E-state index contributed by atoms with van der Waals surface area (Å²) in [6.07, 6.45) is 2.18. The number of hydrogen-bond acceptors (Lipinski definition) is 0. The molecule has 0 N–H and O–H groups in total. The van der Waals surface area contributed by atoms with E-state index in [-0.39, 0.29) is 0 Å². The first-order valence-corrected chi connectivity index (χ1v) is 5.77. The van der Waals surface area contributed by atoms with E-state index in [4.69, 9.17) is 0 Å². The molecule has 0 aliphatic carbocycles. The first kappa shape index (κ1) is 14.0. The number of hydrogen-bond donors (Lipinski definition) is 0. The summed E-state index contributed by atoms with van der Waals surface area (Å²) in [4.78, 5) is 0. The molecule has 1 rings (SSSR count). The Bertz CT molecular complexity index is 418. The Kier molecular flexibility index (Phi) is 6.00. The van der Waals surface area contributed by atoms with Gasteiger partial charge in [0.1, 0.15) is 0 Å². The lowest BCUT2D eigenvalue weighted by atomic mass is 10.0. The largest absolute Gasteiger partial charge is 0.0798 e. The highest BCUT2D eigenvalue weighted by atomic mass is 14.0. The van der Waals surface area contributed by atoms with Crippen LogP contribution in [0.4, 0.5) is 0 Å². The highest BCUT2D eigenvalue weighted by molar-refractivity contribution is 5.45. The van der Waals surface area contributed by atoms with E-state index in [2.05, 4.69) is 52.8 Å². The third-order valence-corrected chi connectivity index (χ3v) is 2.32. The number of benzene rings is 1. The topological polar surface area (TPSA) is 0 Å². The minimum Gasteiger partial charge on any atom is -0.0798 e. The van der Waals surface area contributed by atoms with Gasteiger partial charge in [-0.25, -0.2) is 0 Å². The molecule has 0 atom stereocenters. The van der Waals surface area contributed by atoms with Crippen molar-refractivity contribution >= 4 is 11.6 Å². The predicted molar refractivity (Wildman–Crippen MR) is 71.4 cm³/mol. The summed E-state index contributed by atoms with van der Waals surface area (Å²) in [7, 11) is 0. The van der Waals surface area contributed by atoms with Gasteiger partial charge in [0, 0.05) is 0 Å². The molecular weight excluding hydrogens is 180 g/mol. The van der Waals surface area contributed by atoms with Gasteiger partial charge in [0.15, 0.2) is 0 Å². The molecule has 0 nitrogen and oxygen atoms in total. The molecule has 1 aromatic rings.